The third-order valence-corrected chi connectivity index (χ3v) is 3.82. The molecule has 20 heavy (non-hydrogen) atoms. The molecular weight excluding hydrogens is 248 g/mol. The molecule has 0 fully saturated rings. The molecule has 1 unspecified atom stereocenters. The highest BCUT2D eigenvalue weighted by Gasteiger charge is 2.21. The molecule has 1 atom stereocenters. The van der Waals surface area contributed by atoms with Crippen molar-refractivity contribution in [2.24, 2.45) is 5.92 Å². The number of ether oxygens (including phenoxy) is 1. The average Bonchev–Trinajstić information content (AvgIpc) is 2.59. The first-order valence-electron chi connectivity index (χ1n) is 7.84. The van der Waals surface area contributed by atoms with Gasteiger partial charge in [-0.15, -0.1) is 0 Å². The molecule has 1 aliphatic rings. The van der Waals surface area contributed by atoms with E-state index in [1.54, 1.807) is 0 Å². The van der Waals surface area contributed by atoms with E-state index in [-0.39, 0.29) is 0 Å². The SMILES string of the molecule is CCOCCN1CC(CC(C)C)NCc2ccccc21. The lowest BCUT2D eigenvalue weighted by Gasteiger charge is -2.28. The number of anilines is 1. The van der Waals surface area contributed by atoms with Crippen LogP contribution in [0.3, 0.4) is 0 Å². The zero-order valence-electron chi connectivity index (χ0n) is 13.1. The molecule has 1 N–H and O–H groups in total. The summed E-state index contributed by atoms with van der Waals surface area (Å²) in [5, 5.41) is 3.71. The quantitative estimate of drug-likeness (QED) is 0.808. The van der Waals surface area contributed by atoms with Gasteiger partial charge in [0, 0.05) is 38.0 Å². The molecular formula is C17H28N2O. The van der Waals surface area contributed by atoms with Gasteiger partial charge < -0.3 is 15.0 Å². The van der Waals surface area contributed by atoms with Gasteiger partial charge in [0.1, 0.15) is 0 Å². The van der Waals surface area contributed by atoms with Gasteiger partial charge in [-0.3, -0.25) is 0 Å². The van der Waals surface area contributed by atoms with Crippen molar-refractivity contribution >= 4 is 5.69 Å². The number of para-hydroxylation sites is 1. The second kappa shape index (κ2) is 7.65. The third kappa shape index (κ3) is 4.22. The Morgan fingerprint density at radius 1 is 1.35 bits per heavy atom. The van der Waals surface area contributed by atoms with E-state index in [0.29, 0.717) is 6.04 Å². The lowest BCUT2D eigenvalue weighted by molar-refractivity contribution is 0.153. The van der Waals surface area contributed by atoms with Crippen LogP contribution in [0.4, 0.5) is 5.69 Å². The van der Waals surface area contributed by atoms with Gasteiger partial charge in [0.05, 0.1) is 6.61 Å². The van der Waals surface area contributed by atoms with Crippen LogP contribution in [-0.2, 0) is 11.3 Å². The maximum Gasteiger partial charge on any atom is 0.0641 e. The second-order valence-electron chi connectivity index (χ2n) is 5.98. The molecule has 1 aliphatic heterocycles. The van der Waals surface area contributed by atoms with Crippen LogP contribution in [-0.4, -0.2) is 32.3 Å². The Hall–Kier alpha value is -1.06. The van der Waals surface area contributed by atoms with Gasteiger partial charge in [-0.05, 0) is 30.9 Å². The van der Waals surface area contributed by atoms with Crippen molar-refractivity contribution in [1.82, 2.24) is 5.32 Å². The molecule has 0 spiro atoms. The van der Waals surface area contributed by atoms with Crippen LogP contribution in [0, 0.1) is 5.92 Å². The normalized spacial score (nSPS) is 19.0. The highest BCUT2D eigenvalue weighted by molar-refractivity contribution is 5.54. The molecule has 3 heteroatoms. The van der Waals surface area contributed by atoms with E-state index in [1.165, 1.54) is 17.7 Å². The van der Waals surface area contributed by atoms with E-state index < -0.39 is 0 Å². The second-order valence-corrected chi connectivity index (χ2v) is 5.98. The number of benzene rings is 1. The summed E-state index contributed by atoms with van der Waals surface area (Å²) in [7, 11) is 0. The van der Waals surface area contributed by atoms with E-state index in [9.17, 15) is 0 Å². The zero-order chi connectivity index (χ0) is 14.4. The largest absolute Gasteiger partial charge is 0.380 e. The Kier molecular flexibility index (Phi) is 5.86. The summed E-state index contributed by atoms with van der Waals surface area (Å²) in [5.41, 5.74) is 2.77. The van der Waals surface area contributed by atoms with Crippen molar-refractivity contribution < 1.29 is 4.74 Å². The number of rotatable bonds is 6. The summed E-state index contributed by atoms with van der Waals surface area (Å²) in [6.45, 7) is 11.3. The van der Waals surface area contributed by atoms with Crippen LogP contribution in [0.5, 0.6) is 0 Å². The Bertz CT molecular complexity index is 406. The van der Waals surface area contributed by atoms with Gasteiger partial charge in [0.15, 0.2) is 0 Å². The molecule has 0 radical (unpaired) electrons. The predicted octanol–water partition coefficient (Wildman–Crippen LogP) is 3.05. The van der Waals surface area contributed by atoms with Crippen molar-refractivity contribution in [2.45, 2.75) is 39.8 Å². The molecule has 0 bridgehead atoms. The molecule has 0 amide bonds. The number of fused-ring (bicyclic) bond motifs is 1. The predicted molar refractivity (Wildman–Crippen MR) is 85.2 cm³/mol. The molecule has 0 aromatic heterocycles. The van der Waals surface area contributed by atoms with E-state index in [2.05, 4.69) is 55.3 Å². The lowest BCUT2D eigenvalue weighted by Crippen LogP contribution is -2.40. The van der Waals surface area contributed by atoms with Crippen LogP contribution >= 0.6 is 0 Å². The molecule has 3 nitrogen and oxygen atoms in total. The van der Waals surface area contributed by atoms with Crippen LogP contribution in [0.15, 0.2) is 24.3 Å². The number of hydrogen-bond acceptors (Lipinski definition) is 3. The van der Waals surface area contributed by atoms with Crippen LogP contribution in [0.25, 0.3) is 0 Å². The van der Waals surface area contributed by atoms with E-state index >= 15 is 0 Å². The smallest absolute Gasteiger partial charge is 0.0641 e. The summed E-state index contributed by atoms with van der Waals surface area (Å²) < 4.78 is 5.55. The maximum atomic E-state index is 5.55. The minimum Gasteiger partial charge on any atom is -0.380 e. The van der Waals surface area contributed by atoms with E-state index in [1.807, 2.05) is 0 Å². The highest BCUT2D eigenvalue weighted by Crippen LogP contribution is 2.24. The van der Waals surface area contributed by atoms with Crippen molar-refractivity contribution in [3.05, 3.63) is 29.8 Å². The first-order valence-corrected chi connectivity index (χ1v) is 7.84. The first-order chi connectivity index (χ1) is 9.70. The highest BCUT2D eigenvalue weighted by atomic mass is 16.5. The summed E-state index contributed by atoms with van der Waals surface area (Å²) in [5.74, 6) is 0.724. The molecule has 1 heterocycles. The Morgan fingerprint density at radius 3 is 2.90 bits per heavy atom. The van der Waals surface area contributed by atoms with Gasteiger partial charge in [0.25, 0.3) is 0 Å². The van der Waals surface area contributed by atoms with Crippen molar-refractivity contribution in [3.63, 3.8) is 0 Å². The fourth-order valence-corrected chi connectivity index (χ4v) is 2.91. The maximum absolute atomic E-state index is 5.55. The molecule has 112 valence electrons. The standard InChI is InChI=1S/C17H28N2O/c1-4-20-10-9-19-13-16(11-14(2)3)18-12-15-7-5-6-8-17(15)19/h5-8,14,16,18H,4,9-13H2,1-3H3. The third-order valence-electron chi connectivity index (χ3n) is 3.82. The Morgan fingerprint density at radius 2 is 2.15 bits per heavy atom. The fourth-order valence-electron chi connectivity index (χ4n) is 2.91. The first kappa shape index (κ1) is 15.3. The summed E-state index contributed by atoms with van der Waals surface area (Å²) in [6, 6.07) is 9.29. The van der Waals surface area contributed by atoms with Crippen molar-refractivity contribution in [2.75, 3.05) is 31.2 Å². The number of nitrogens with one attached hydrogen (secondary N) is 1. The Labute approximate surface area is 123 Å². The number of nitrogens with zero attached hydrogens (tertiary/aromatic N) is 1. The topological polar surface area (TPSA) is 24.5 Å². The van der Waals surface area contributed by atoms with Crippen molar-refractivity contribution in [1.29, 1.82) is 0 Å². The van der Waals surface area contributed by atoms with E-state index in [4.69, 9.17) is 4.74 Å². The fraction of sp³-hybridized carbons (Fsp3) is 0.647. The minimum absolute atomic E-state index is 0.559. The molecule has 1 aromatic rings. The van der Waals surface area contributed by atoms with Crippen LogP contribution in [0.1, 0.15) is 32.8 Å². The summed E-state index contributed by atoms with van der Waals surface area (Å²) >= 11 is 0. The molecule has 2 rings (SSSR count). The zero-order valence-corrected chi connectivity index (χ0v) is 13.1. The van der Waals surface area contributed by atoms with Gasteiger partial charge in [-0.1, -0.05) is 32.0 Å². The summed E-state index contributed by atoms with van der Waals surface area (Å²) in [4.78, 5) is 2.48. The van der Waals surface area contributed by atoms with Crippen LogP contribution < -0.4 is 10.2 Å². The van der Waals surface area contributed by atoms with Crippen LogP contribution in [0.2, 0.25) is 0 Å². The van der Waals surface area contributed by atoms with Gasteiger partial charge in [0.2, 0.25) is 0 Å². The molecule has 0 saturated heterocycles. The van der Waals surface area contributed by atoms with Crippen molar-refractivity contribution in [3.8, 4) is 0 Å². The van der Waals surface area contributed by atoms with Gasteiger partial charge >= 0.3 is 0 Å². The van der Waals surface area contributed by atoms with Gasteiger partial charge in [-0.25, -0.2) is 0 Å². The molecule has 0 aliphatic carbocycles. The average molecular weight is 276 g/mol. The minimum atomic E-state index is 0.559. The monoisotopic (exact) mass is 276 g/mol. The lowest BCUT2D eigenvalue weighted by atomic mass is 10.0. The van der Waals surface area contributed by atoms with E-state index in [0.717, 1.165) is 38.8 Å². The Balaban J connectivity index is 2.10. The van der Waals surface area contributed by atoms with Gasteiger partial charge in [-0.2, -0.15) is 0 Å². The summed E-state index contributed by atoms with van der Waals surface area (Å²) in [6.07, 6.45) is 1.22. The number of hydrogen-bond donors (Lipinski definition) is 1. The molecule has 1 aromatic carbocycles. The molecule has 0 saturated carbocycles.